The standard InChI is InChI=1S/C19H27O4/c1-5-21-17-9-7-6-8-16(17)18(20)23-22-15-12-10-14(11-13-15)19(2,3)4/h6-9,14H,5,10-13H2,1-4H3. The number of ether oxygens (including phenoxy) is 1. The van der Waals surface area contributed by atoms with Crippen LogP contribution in [0.4, 0.5) is 0 Å². The molecule has 1 aromatic rings. The van der Waals surface area contributed by atoms with Crippen molar-refractivity contribution in [3.8, 4) is 5.75 Å². The predicted molar refractivity (Wildman–Crippen MR) is 88.8 cm³/mol. The van der Waals surface area contributed by atoms with Crippen molar-refractivity contribution in [2.24, 2.45) is 11.3 Å². The maximum absolute atomic E-state index is 12.2. The van der Waals surface area contributed by atoms with Crippen LogP contribution in [0.3, 0.4) is 0 Å². The smallest absolute Gasteiger partial charge is 0.376 e. The third-order valence-electron chi connectivity index (χ3n) is 4.41. The van der Waals surface area contributed by atoms with Gasteiger partial charge in [-0.15, -0.1) is 0 Å². The van der Waals surface area contributed by atoms with Gasteiger partial charge in [-0.1, -0.05) is 32.9 Å². The van der Waals surface area contributed by atoms with Crippen molar-refractivity contribution >= 4 is 5.97 Å². The zero-order chi connectivity index (χ0) is 16.9. The van der Waals surface area contributed by atoms with Crippen LogP contribution in [0, 0.1) is 17.4 Å². The van der Waals surface area contributed by atoms with Crippen molar-refractivity contribution in [2.45, 2.75) is 53.4 Å². The molecule has 0 atom stereocenters. The van der Waals surface area contributed by atoms with Gasteiger partial charge < -0.3 is 4.74 Å². The van der Waals surface area contributed by atoms with Gasteiger partial charge in [0, 0.05) is 0 Å². The van der Waals surface area contributed by atoms with Gasteiger partial charge >= 0.3 is 5.97 Å². The first-order valence-electron chi connectivity index (χ1n) is 8.37. The molecule has 1 radical (unpaired) electrons. The van der Waals surface area contributed by atoms with Crippen LogP contribution in [0.1, 0.15) is 63.7 Å². The molecule has 127 valence electrons. The number of carbonyl (C=O) groups excluding carboxylic acids is 1. The molecule has 1 aromatic carbocycles. The highest BCUT2D eigenvalue weighted by atomic mass is 17.2. The van der Waals surface area contributed by atoms with Crippen LogP contribution >= 0.6 is 0 Å². The minimum Gasteiger partial charge on any atom is -0.493 e. The summed E-state index contributed by atoms with van der Waals surface area (Å²) in [6.07, 6.45) is 4.70. The van der Waals surface area contributed by atoms with Gasteiger partial charge in [0.05, 0.1) is 6.61 Å². The first-order valence-corrected chi connectivity index (χ1v) is 8.37. The topological polar surface area (TPSA) is 44.8 Å². The van der Waals surface area contributed by atoms with Gasteiger partial charge in [-0.2, -0.15) is 4.89 Å². The van der Waals surface area contributed by atoms with E-state index in [0.717, 1.165) is 31.8 Å². The van der Waals surface area contributed by atoms with Gasteiger partial charge in [0.15, 0.2) is 0 Å². The van der Waals surface area contributed by atoms with E-state index < -0.39 is 5.97 Å². The van der Waals surface area contributed by atoms with E-state index in [-0.39, 0.29) is 0 Å². The van der Waals surface area contributed by atoms with Gasteiger partial charge in [0.25, 0.3) is 0 Å². The van der Waals surface area contributed by atoms with Gasteiger partial charge in [0.2, 0.25) is 0 Å². The first-order chi connectivity index (χ1) is 10.9. The SMILES string of the molecule is CCOc1ccccc1C(=O)OO[C]1CCC(C(C)(C)C)CC1. The average molecular weight is 319 g/mol. The number of benzene rings is 1. The number of hydrogen-bond acceptors (Lipinski definition) is 4. The van der Waals surface area contributed by atoms with Crippen molar-refractivity contribution in [1.82, 2.24) is 0 Å². The summed E-state index contributed by atoms with van der Waals surface area (Å²) in [4.78, 5) is 22.5. The average Bonchev–Trinajstić information content (AvgIpc) is 2.53. The van der Waals surface area contributed by atoms with E-state index in [9.17, 15) is 4.79 Å². The summed E-state index contributed by atoms with van der Waals surface area (Å²) in [6, 6.07) is 7.03. The van der Waals surface area contributed by atoms with Gasteiger partial charge in [-0.05, 0) is 56.1 Å². The van der Waals surface area contributed by atoms with Gasteiger partial charge in [0.1, 0.15) is 17.4 Å². The number of carbonyl (C=O) groups is 1. The summed E-state index contributed by atoms with van der Waals surface area (Å²) in [7, 11) is 0. The lowest BCUT2D eigenvalue weighted by atomic mass is 9.72. The molecule has 4 nitrogen and oxygen atoms in total. The molecule has 0 heterocycles. The molecular formula is C19H27O4. The molecule has 0 N–H and O–H groups in total. The number of hydrogen-bond donors (Lipinski definition) is 0. The Bertz CT molecular complexity index is 510. The molecule has 0 unspecified atom stereocenters. The lowest BCUT2D eigenvalue weighted by Gasteiger charge is -2.35. The molecule has 1 aliphatic rings. The normalized spacial score (nSPS) is 17.0. The Morgan fingerprint density at radius 1 is 1.17 bits per heavy atom. The quantitative estimate of drug-likeness (QED) is 0.569. The monoisotopic (exact) mass is 319 g/mol. The maximum Gasteiger partial charge on any atom is 0.376 e. The second kappa shape index (κ2) is 7.82. The number of rotatable bonds is 5. The summed E-state index contributed by atoms with van der Waals surface area (Å²) in [5, 5.41) is 0. The van der Waals surface area contributed by atoms with Gasteiger partial charge in [-0.25, -0.2) is 4.79 Å². The largest absolute Gasteiger partial charge is 0.493 e. The second-order valence-corrected chi connectivity index (χ2v) is 7.06. The fourth-order valence-electron chi connectivity index (χ4n) is 2.95. The molecule has 0 bridgehead atoms. The van der Waals surface area contributed by atoms with Gasteiger partial charge in [-0.3, -0.25) is 4.89 Å². The second-order valence-electron chi connectivity index (χ2n) is 7.06. The van der Waals surface area contributed by atoms with E-state index in [1.807, 2.05) is 13.0 Å². The van der Waals surface area contributed by atoms with Crippen LogP contribution in [0.15, 0.2) is 24.3 Å². The molecule has 0 spiro atoms. The summed E-state index contributed by atoms with van der Waals surface area (Å²) in [5.41, 5.74) is 0.705. The van der Waals surface area contributed by atoms with E-state index in [4.69, 9.17) is 14.5 Å². The summed E-state index contributed by atoms with van der Waals surface area (Å²) >= 11 is 0. The Kier molecular flexibility index (Phi) is 6.05. The molecule has 23 heavy (non-hydrogen) atoms. The minimum absolute atomic E-state index is 0.318. The van der Waals surface area contributed by atoms with E-state index in [2.05, 4.69) is 20.8 Å². The van der Waals surface area contributed by atoms with Crippen molar-refractivity contribution in [3.05, 3.63) is 35.9 Å². The van der Waals surface area contributed by atoms with Crippen molar-refractivity contribution in [1.29, 1.82) is 0 Å². The van der Waals surface area contributed by atoms with Crippen LogP contribution in [-0.4, -0.2) is 12.6 Å². The zero-order valence-corrected chi connectivity index (χ0v) is 14.6. The molecular weight excluding hydrogens is 292 g/mol. The minimum atomic E-state index is -0.514. The highest BCUT2D eigenvalue weighted by molar-refractivity contribution is 5.92. The molecule has 1 aliphatic carbocycles. The molecule has 1 fully saturated rings. The Hall–Kier alpha value is -1.55. The molecule has 0 aromatic heterocycles. The Morgan fingerprint density at radius 3 is 2.43 bits per heavy atom. The third-order valence-corrected chi connectivity index (χ3v) is 4.41. The van der Waals surface area contributed by atoms with E-state index >= 15 is 0 Å². The summed E-state index contributed by atoms with van der Waals surface area (Å²) in [5.74, 6) is 0.689. The van der Waals surface area contributed by atoms with Crippen LogP contribution in [-0.2, 0) is 9.78 Å². The predicted octanol–water partition coefficient (Wildman–Crippen LogP) is 4.94. The number of para-hydroxylation sites is 1. The van der Waals surface area contributed by atoms with Crippen LogP contribution in [0.5, 0.6) is 5.75 Å². The molecule has 0 amide bonds. The van der Waals surface area contributed by atoms with E-state index in [1.165, 1.54) is 0 Å². The Morgan fingerprint density at radius 2 is 1.83 bits per heavy atom. The van der Waals surface area contributed by atoms with E-state index in [0.29, 0.717) is 29.3 Å². The van der Waals surface area contributed by atoms with Crippen LogP contribution < -0.4 is 4.74 Å². The molecule has 0 aliphatic heterocycles. The van der Waals surface area contributed by atoms with Crippen molar-refractivity contribution in [2.75, 3.05) is 6.61 Å². The van der Waals surface area contributed by atoms with Crippen molar-refractivity contribution in [3.63, 3.8) is 0 Å². The maximum atomic E-state index is 12.2. The summed E-state index contributed by atoms with van der Waals surface area (Å²) in [6.45, 7) is 9.19. The van der Waals surface area contributed by atoms with E-state index in [1.54, 1.807) is 18.2 Å². The molecule has 4 heteroatoms. The lowest BCUT2D eigenvalue weighted by molar-refractivity contribution is -0.241. The third kappa shape index (κ3) is 4.96. The molecule has 0 saturated heterocycles. The Balaban J connectivity index is 1.84. The highest BCUT2D eigenvalue weighted by Crippen LogP contribution is 2.41. The lowest BCUT2D eigenvalue weighted by Crippen LogP contribution is -2.26. The zero-order valence-electron chi connectivity index (χ0n) is 14.6. The molecule has 1 saturated carbocycles. The van der Waals surface area contributed by atoms with Crippen molar-refractivity contribution < 1.29 is 19.3 Å². The fraction of sp³-hybridized carbons (Fsp3) is 0.579. The first kappa shape index (κ1) is 17.8. The highest BCUT2D eigenvalue weighted by Gasteiger charge is 2.31. The van der Waals surface area contributed by atoms with Crippen LogP contribution in [0.2, 0.25) is 0 Å². The summed E-state index contributed by atoms with van der Waals surface area (Å²) < 4.78 is 5.44. The Labute approximate surface area is 139 Å². The van der Waals surface area contributed by atoms with Crippen LogP contribution in [0.25, 0.3) is 0 Å². The fourth-order valence-corrected chi connectivity index (χ4v) is 2.95. The molecule has 2 rings (SSSR count).